The molecule has 0 atom stereocenters. The fraction of sp³-hybridized carbons (Fsp3) is 0.800. The van der Waals surface area contributed by atoms with Crippen molar-refractivity contribution in [2.45, 2.75) is 50.6 Å². The predicted octanol–water partition coefficient (Wildman–Crippen LogP) is 0.237. The zero-order valence-corrected chi connectivity index (χ0v) is 9.17. The van der Waals surface area contributed by atoms with Crippen LogP contribution < -0.4 is 11.1 Å². The van der Waals surface area contributed by atoms with E-state index >= 15 is 0 Å². The molecule has 0 unspecified atom stereocenters. The zero-order valence-electron chi connectivity index (χ0n) is 9.17. The van der Waals surface area contributed by atoms with Crippen LogP contribution in [0.3, 0.4) is 0 Å². The summed E-state index contributed by atoms with van der Waals surface area (Å²) in [7, 11) is 0. The second-order valence-corrected chi connectivity index (χ2v) is 4.20. The summed E-state index contributed by atoms with van der Waals surface area (Å²) < 4.78 is 0. The highest BCUT2D eigenvalue weighted by Crippen LogP contribution is 2.36. The van der Waals surface area contributed by atoms with E-state index < -0.39 is 17.0 Å². The number of hydrogen-bond acceptors (Lipinski definition) is 3. The molecule has 15 heavy (non-hydrogen) atoms. The number of amides is 1. The molecule has 0 heterocycles. The number of rotatable bonds is 5. The maximum atomic E-state index is 11.8. The minimum Gasteiger partial charge on any atom is -0.480 e. The monoisotopic (exact) mass is 214 g/mol. The average Bonchev–Trinajstić information content (AvgIpc) is 2.97. The molecule has 0 aromatic carbocycles. The molecule has 5 heteroatoms. The summed E-state index contributed by atoms with van der Waals surface area (Å²) >= 11 is 0. The van der Waals surface area contributed by atoms with Crippen molar-refractivity contribution in [3.63, 3.8) is 0 Å². The number of aliphatic carboxylic acids is 1. The first-order valence-electron chi connectivity index (χ1n) is 5.25. The topological polar surface area (TPSA) is 92.4 Å². The molecular formula is C10H18N2O3. The Hall–Kier alpha value is -1.10. The minimum absolute atomic E-state index is 0.354. The van der Waals surface area contributed by atoms with Crippen LogP contribution >= 0.6 is 0 Å². The second-order valence-electron chi connectivity index (χ2n) is 4.20. The van der Waals surface area contributed by atoms with Crippen molar-refractivity contribution in [2.75, 3.05) is 0 Å². The van der Waals surface area contributed by atoms with Gasteiger partial charge in [0.15, 0.2) is 0 Å². The molecule has 1 saturated carbocycles. The van der Waals surface area contributed by atoms with Crippen LogP contribution in [0.4, 0.5) is 0 Å². The summed E-state index contributed by atoms with van der Waals surface area (Å²) in [4.78, 5) is 22.7. The standard InChI is InChI=1S/C10H18N2O3/c1-3-9(11,4-2)7(13)12-10(5-6-10)8(14)15/h3-6,11H2,1-2H3,(H,12,13)(H,14,15). The van der Waals surface area contributed by atoms with Gasteiger partial charge in [0.1, 0.15) is 5.54 Å². The van der Waals surface area contributed by atoms with Gasteiger partial charge in [0.2, 0.25) is 5.91 Å². The number of nitrogens with two attached hydrogens (primary N) is 1. The third-order valence-corrected chi connectivity index (χ3v) is 3.23. The molecule has 0 radical (unpaired) electrons. The largest absolute Gasteiger partial charge is 0.480 e. The molecule has 0 saturated heterocycles. The normalized spacial score (nSPS) is 18.3. The molecule has 5 nitrogen and oxygen atoms in total. The summed E-state index contributed by atoms with van der Waals surface area (Å²) in [6, 6.07) is 0. The highest BCUT2D eigenvalue weighted by molar-refractivity contribution is 5.93. The molecule has 0 aliphatic heterocycles. The Balaban J connectivity index is 2.67. The first-order chi connectivity index (χ1) is 6.90. The third kappa shape index (κ3) is 2.12. The van der Waals surface area contributed by atoms with E-state index in [0.29, 0.717) is 25.7 Å². The fourth-order valence-corrected chi connectivity index (χ4v) is 1.43. The summed E-state index contributed by atoms with van der Waals surface area (Å²) in [6.07, 6.45) is 2.01. The fourth-order valence-electron chi connectivity index (χ4n) is 1.43. The lowest BCUT2D eigenvalue weighted by Gasteiger charge is -2.27. The first kappa shape index (κ1) is 12.0. The highest BCUT2D eigenvalue weighted by atomic mass is 16.4. The molecule has 86 valence electrons. The van der Waals surface area contributed by atoms with Crippen LogP contribution in [-0.2, 0) is 9.59 Å². The molecule has 1 rings (SSSR count). The van der Waals surface area contributed by atoms with E-state index in [9.17, 15) is 9.59 Å². The van der Waals surface area contributed by atoms with Crippen molar-refractivity contribution in [2.24, 2.45) is 5.73 Å². The van der Waals surface area contributed by atoms with Crippen molar-refractivity contribution in [3.05, 3.63) is 0 Å². The minimum atomic E-state index is -1.04. The number of nitrogens with one attached hydrogen (secondary N) is 1. The van der Waals surface area contributed by atoms with Gasteiger partial charge in [0.05, 0.1) is 5.54 Å². The summed E-state index contributed by atoms with van der Waals surface area (Å²) in [6.45, 7) is 3.65. The third-order valence-electron chi connectivity index (χ3n) is 3.23. The highest BCUT2D eigenvalue weighted by Gasteiger charge is 2.53. The van der Waals surface area contributed by atoms with Gasteiger partial charge < -0.3 is 16.2 Å². The Morgan fingerprint density at radius 3 is 2.13 bits per heavy atom. The zero-order chi connectivity index (χ0) is 11.7. The number of carboxylic acids is 1. The lowest BCUT2D eigenvalue weighted by Crippen LogP contribution is -2.57. The van der Waals surface area contributed by atoms with Gasteiger partial charge in [-0.25, -0.2) is 4.79 Å². The Bertz CT molecular complexity index is 280. The Kier molecular flexibility index (Phi) is 3.04. The van der Waals surface area contributed by atoms with Gasteiger partial charge in [-0.3, -0.25) is 4.79 Å². The van der Waals surface area contributed by atoms with Gasteiger partial charge in [-0.1, -0.05) is 13.8 Å². The van der Waals surface area contributed by atoms with Crippen molar-refractivity contribution < 1.29 is 14.7 Å². The van der Waals surface area contributed by atoms with Crippen molar-refractivity contribution in [1.82, 2.24) is 5.32 Å². The van der Waals surface area contributed by atoms with E-state index in [-0.39, 0.29) is 5.91 Å². The Morgan fingerprint density at radius 2 is 1.87 bits per heavy atom. The molecule has 0 spiro atoms. The van der Waals surface area contributed by atoms with Gasteiger partial charge in [0, 0.05) is 0 Å². The van der Waals surface area contributed by atoms with Crippen LogP contribution in [0.15, 0.2) is 0 Å². The number of carbonyl (C=O) groups excluding carboxylic acids is 1. The predicted molar refractivity (Wildman–Crippen MR) is 55.2 cm³/mol. The van der Waals surface area contributed by atoms with Crippen LogP contribution in [0.2, 0.25) is 0 Å². The van der Waals surface area contributed by atoms with Crippen LogP contribution in [0.1, 0.15) is 39.5 Å². The lowest BCUT2D eigenvalue weighted by molar-refractivity contribution is -0.144. The summed E-state index contributed by atoms with van der Waals surface area (Å²) in [5.74, 6) is -1.32. The summed E-state index contributed by atoms with van der Waals surface area (Å²) in [5, 5.41) is 11.5. The van der Waals surface area contributed by atoms with E-state index in [4.69, 9.17) is 10.8 Å². The average molecular weight is 214 g/mol. The van der Waals surface area contributed by atoms with Crippen molar-refractivity contribution >= 4 is 11.9 Å². The van der Waals surface area contributed by atoms with Crippen molar-refractivity contribution in [1.29, 1.82) is 0 Å². The maximum absolute atomic E-state index is 11.8. The van der Waals surface area contributed by atoms with Crippen LogP contribution in [0, 0.1) is 0 Å². The molecule has 0 aromatic rings. The summed E-state index contributed by atoms with van der Waals surface area (Å²) in [5.41, 5.74) is 3.90. The molecule has 4 N–H and O–H groups in total. The van der Waals surface area contributed by atoms with E-state index in [1.165, 1.54) is 0 Å². The smallest absolute Gasteiger partial charge is 0.329 e. The van der Waals surface area contributed by atoms with Crippen LogP contribution in [-0.4, -0.2) is 28.1 Å². The van der Waals surface area contributed by atoms with E-state index in [1.807, 2.05) is 13.8 Å². The Labute approximate surface area is 89.0 Å². The molecule has 1 aliphatic rings. The molecular weight excluding hydrogens is 196 g/mol. The lowest BCUT2D eigenvalue weighted by atomic mass is 9.92. The van der Waals surface area contributed by atoms with E-state index in [2.05, 4.69) is 5.32 Å². The SMILES string of the molecule is CCC(N)(CC)C(=O)NC1(C(=O)O)CC1. The van der Waals surface area contributed by atoms with Crippen molar-refractivity contribution in [3.8, 4) is 0 Å². The second kappa shape index (κ2) is 3.81. The quantitative estimate of drug-likeness (QED) is 0.611. The van der Waals surface area contributed by atoms with E-state index in [1.54, 1.807) is 0 Å². The molecule has 1 amide bonds. The van der Waals surface area contributed by atoms with Crippen LogP contribution in [0.25, 0.3) is 0 Å². The number of carbonyl (C=O) groups is 2. The van der Waals surface area contributed by atoms with Crippen LogP contribution in [0.5, 0.6) is 0 Å². The van der Waals surface area contributed by atoms with Gasteiger partial charge in [-0.05, 0) is 25.7 Å². The van der Waals surface area contributed by atoms with Gasteiger partial charge in [-0.15, -0.1) is 0 Å². The van der Waals surface area contributed by atoms with E-state index in [0.717, 1.165) is 0 Å². The molecule has 0 aromatic heterocycles. The molecule has 0 bridgehead atoms. The molecule has 1 aliphatic carbocycles. The maximum Gasteiger partial charge on any atom is 0.329 e. The number of carboxylic acid groups (broad SMARTS) is 1. The van der Waals surface area contributed by atoms with Gasteiger partial charge in [-0.2, -0.15) is 0 Å². The van der Waals surface area contributed by atoms with Gasteiger partial charge in [0.25, 0.3) is 0 Å². The van der Waals surface area contributed by atoms with Gasteiger partial charge >= 0.3 is 5.97 Å². The first-order valence-corrected chi connectivity index (χ1v) is 5.25. The number of hydrogen-bond donors (Lipinski definition) is 3. The Morgan fingerprint density at radius 1 is 1.40 bits per heavy atom. The molecule has 1 fully saturated rings.